The van der Waals surface area contributed by atoms with Crippen LogP contribution in [0.3, 0.4) is 0 Å². The van der Waals surface area contributed by atoms with Gasteiger partial charge < -0.3 is 9.84 Å². The lowest BCUT2D eigenvalue weighted by Crippen LogP contribution is -2.16. The molecule has 0 aliphatic rings. The van der Waals surface area contributed by atoms with Crippen molar-refractivity contribution in [1.29, 1.82) is 0 Å². The van der Waals surface area contributed by atoms with Crippen LogP contribution in [0.15, 0.2) is 12.1 Å². The summed E-state index contributed by atoms with van der Waals surface area (Å²) in [6, 6.07) is 3.41. The molecule has 0 saturated carbocycles. The van der Waals surface area contributed by atoms with Crippen LogP contribution in [0.25, 0.3) is 0 Å². The van der Waals surface area contributed by atoms with E-state index >= 15 is 0 Å². The smallest absolute Gasteiger partial charge is 0.395 e. The average molecular weight is 264 g/mol. The van der Waals surface area contributed by atoms with Gasteiger partial charge in [0, 0.05) is 11.3 Å². The van der Waals surface area contributed by atoms with Crippen molar-refractivity contribution in [3.8, 4) is 11.8 Å². The highest BCUT2D eigenvalue weighted by Gasteiger charge is 2.27. The van der Waals surface area contributed by atoms with Crippen molar-refractivity contribution in [2.45, 2.75) is 19.2 Å². The summed E-state index contributed by atoms with van der Waals surface area (Å²) in [5.74, 6) is 5.54. The lowest BCUT2D eigenvalue weighted by atomic mass is 10.4. The van der Waals surface area contributed by atoms with Crippen LogP contribution in [0.4, 0.5) is 13.2 Å². The Kier molecular flexibility index (Phi) is 5.48. The molecule has 0 amide bonds. The van der Waals surface area contributed by atoms with E-state index in [1.165, 1.54) is 11.3 Å². The minimum Gasteiger partial charge on any atom is -0.395 e. The van der Waals surface area contributed by atoms with Crippen molar-refractivity contribution in [3.63, 3.8) is 0 Å². The third kappa shape index (κ3) is 6.31. The summed E-state index contributed by atoms with van der Waals surface area (Å²) >= 11 is 1.29. The van der Waals surface area contributed by atoms with E-state index in [9.17, 15) is 13.2 Å². The number of thiophene rings is 1. The van der Waals surface area contributed by atoms with Crippen LogP contribution in [-0.4, -0.2) is 24.5 Å². The number of aliphatic hydroxyl groups excluding tert-OH is 1. The molecule has 1 aromatic heterocycles. The monoisotopic (exact) mass is 264 g/mol. The van der Waals surface area contributed by atoms with Crippen LogP contribution in [0.2, 0.25) is 0 Å². The minimum absolute atomic E-state index is 0.0000733. The predicted octanol–water partition coefficient (Wildman–Crippen LogP) is 2.56. The molecule has 0 fully saturated rings. The van der Waals surface area contributed by atoms with Gasteiger partial charge in [-0.15, -0.1) is 11.3 Å². The third-order valence-electron chi connectivity index (χ3n) is 1.62. The number of alkyl halides is 3. The van der Waals surface area contributed by atoms with Crippen LogP contribution in [0.5, 0.6) is 0 Å². The summed E-state index contributed by atoms with van der Waals surface area (Å²) in [5.41, 5.74) is 0. The van der Waals surface area contributed by atoms with Gasteiger partial charge in [0.1, 0.15) is 6.61 Å². The van der Waals surface area contributed by atoms with Crippen molar-refractivity contribution in [2.75, 3.05) is 13.2 Å². The maximum atomic E-state index is 11.8. The van der Waals surface area contributed by atoms with Crippen molar-refractivity contribution in [3.05, 3.63) is 21.9 Å². The molecule has 2 nitrogen and oxygen atoms in total. The van der Waals surface area contributed by atoms with Crippen LogP contribution in [0.1, 0.15) is 16.2 Å². The van der Waals surface area contributed by atoms with Crippen LogP contribution < -0.4 is 0 Å². The molecule has 1 aromatic rings. The molecule has 1 N–H and O–H groups in total. The zero-order valence-electron chi connectivity index (χ0n) is 8.88. The molecule has 0 aliphatic heterocycles. The Morgan fingerprint density at radius 2 is 2.12 bits per heavy atom. The van der Waals surface area contributed by atoms with Gasteiger partial charge in [-0.3, -0.25) is 0 Å². The number of halogens is 3. The fourth-order valence-corrected chi connectivity index (χ4v) is 1.82. The SMILES string of the molecule is OCCC#Cc1ccc(COCC(F)(F)F)s1. The zero-order valence-corrected chi connectivity index (χ0v) is 9.70. The minimum atomic E-state index is -4.29. The highest BCUT2D eigenvalue weighted by atomic mass is 32.1. The number of hydrogen-bond acceptors (Lipinski definition) is 3. The molecule has 0 saturated heterocycles. The fourth-order valence-electron chi connectivity index (χ4n) is 0.996. The first-order valence-electron chi connectivity index (χ1n) is 4.84. The van der Waals surface area contributed by atoms with Gasteiger partial charge >= 0.3 is 6.18 Å². The van der Waals surface area contributed by atoms with Gasteiger partial charge in [0.15, 0.2) is 0 Å². The second kappa shape index (κ2) is 6.64. The van der Waals surface area contributed by atoms with E-state index in [0.717, 1.165) is 4.88 Å². The summed E-state index contributed by atoms with van der Waals surface area (Å²) in [6.07, 6.45) is -3.90. The zero-order chi connectivity index (χ0) is 12.7. The Morgan fingerprint density at radius 3 is 2.76 bits per heavy atom. The van der Waals surface area contributed by atoms with Gasteiger partial charge in [0.05, 0.1) is 18.1 Å². The first-order valence-corrected chi connectivity index (χ1v) is 5.66. The maximum Gasteiger partial charge on any atom is 0.411 e. The van der Waals surface area contributed by atoms with Crippen LogP contribution in [-0.2, 0) is 11.3 Å². The van der Waals surface area contributed by atoms with E-state index in [1.807, 2.05) is 0 Å². The largest absolute Gasteiger partial charge is 0.411 e. The second-order valence-corrected chi connectivity index (χ2v) is 4.32. The molecular weight excluding hydrogens is 253 g/mol. The average Bonchev–Trinajstić information content (AvgIpc) is 2.64. The standard InChI is InChI=1S/C11H11F3O2S/c12-11(13,14)8-16-7-10-5-4-9(17-10)3-1-2-6-15/h4-5,15H,2,6-8H2. The first-order chi connectivity index (χ1) is 8.01. The van der Waals surface area contributed by atoms with Crippen LogP contribution in [0, 0.1) is 11.8 Å². The van der Waals surface area contributed by atoms with Crippen molar-refractivity contribution in [1.82, 2.24) is 0 Å². The molecule has 1 heterocycles. The van der Waals surface area contributed by atoms with Crippen molar-refractivity contribution >= 4 is 11.3 Å². The Morgan fingerprint density at radius 1 is 1.35 bits per heavy atom. The molecule has 0 bridgehead atoms. The molecule has 6 heteroatoms. The van der Waals surface area contributed by atoms with Gasteiger partial charge in [-0.25, -0.2) is 0 Å². The molecular formula is C11H11F3O2S. The van der Waals surface area contributed by atoms with Gasteiger partial charge in [-0.1, -0.05) is 11.8 Å². The highest BCUT2D eigenvalue weighted by molar-refractivity contribution is 7.12. The van der Waals surface area contributed by atoms with E-state index in [0.29, 0.717) is 11.3 Å². The molecule has 94 valence electrons. The van der Waals surface area contributed by atoms with Gasteiger partial charge in [-0.2, -0.15) is 13.2 Å². The predicted molar refractivity (Wildman–Crippen MR) is 58.6 cm³/mol. The second-order valence-electron chi connectivity index (χ2n) is 3.15. The highest BCUT2D eigenvalue weighted by Crippen LogP contribution is 2.19. The Labute approximate surface area is 101 Å². The van der Waals surface area contributed by atoms with E-state index in [4.69, 9.17) is 5.11 Å². The molecule has 0 spiro atoms. The molecule has 0 unspecified atom stereocenters. The normalized spacial score (nSPS) is 11.1. The van der Waals surface area contributed by atoms with Gasteiger partial charge in [-0.05, 0) is 12.1 Å². The summed E-state index contributed by atoms with van der Waals surface area (Å²) in [6.45, 7) is -1.30. The Bertz CT molecular complexity index is 401. The Hall–Kier alpha value is -1.03. The lowest BCUT2D eigenvalue weighted by molar-refractivity contribution is -0.176. The van der Waals surface area contributed by atoms with Crippen LogP contribution >= 0.6 is 11.3 Å². The summed E-state index contributed by atoms with van der Waals surface area (Å²) in [4.78, 5) is 1.45. The van der Waals surface area contributed by atoms with E-state index in [1.54, 1.807) is 12.1 Å². The molecule has 0 atom stereocenters. The topological polar surface area (TPSA) is 29.5 Å². The molecule has 0 aromatic carbocycles. The molecule has 0 radical (unpaired) electrons. The first kappa shape index (κ1) is 14.0. The van der Waals surface area contributed by atoms with Gasteiger partial charge in [0.25, 0.3) is 0 Å². The van der Waals surface area contributed by atoms with Crippen molar-refractivity contribution in [2.24, 2.45) is 0 Å². The summed E-state index contributed by atoms with van der Waals surface area (Å²) in [7, 11) is 0. The molecule has 1 rings (SSSR count). The fraction of sp³-hybridized carbons (Fsp3) is 0.455. The van der Waals surface area contributed by atoms with E-state index in [2.05, 4.69) is 16.6 Å². The number of rotatable bonds is 4. The number of ether oxygens (including phenoxy) is 1. The summed E-state index contributed by atoms with van der Waals surface area (Å²) < 4.78 is 39.9. The molecule has 17 heavy (non-hydrogen) atoms. The third-order valence-corrected chi connectivity index (χ3v) is 2.59. The molecule has 0 aliphatic carbocycles. The van der Waals surface area contributed by atoms with E-state index in [-0.39, 0.29) is 13.2 Å². The Balaban J connectivity index is 2.39. The van der Waals surface area contributed by atoms with Gasteiger partial charge in [0.2, 0.25) is 0 Å². The quantitative estimate of drug-likeness (QED) is 0.847. The van der Waals surface area contributed by atoms with Crippen molar-refractivity contribution < 1.29 is 23.0 Å². The summed E-state index contributed by atoms with van der Waals surface area (Å²) in [5, 5.41) is 8.52. The number of aliphatic hydroxyl groups is 1. The number of hydrogen-bond donors (Lipinski definition) is 1. The lowest BCUT2D eigenvalue weighted by Gasteiger charge is -2.05. The van der Waals surface area contributed by atoms with E-state index < -0.39 is 12.8 Å². The maximum absolute atomic E-state index is 11.8.